The molecule has 6 aromatic carbocycles. The molecule has 0 aliphatic heterocycles. The summed E-state index contributed by atoms with van der Waals surface area (Å²) in [7, 11) is 0. The number of hydrogen-bond acceptors (Lipinski definition) is 0. The fourth-order valence-corrected chi connectivity index (χ4v) is 9.71. The molecule has 2 heterocycles. The molecule has 0 saturated carbocycles. The number of nitrogens with zero attached hydrogens (tertiary/aromatic N) is 2. The molecule has 0 spiro atoms. The van der Waals surface area contributed by atoms with Gasteiger partial charge in [-0.3, -0.25) is 0 Å². The highest BCUT2D eigenvalue weighted by Crippen LogP contribution is 2.49. The lowest BCUT2D eigenvalue weighted by atomic mass is 9.82. The van der Waals surface area contributed by atoms with Crippen LogP contribution < -0.4 is 0 Å². The van der Waals surface area contributed by atoms with Gasteiger partial charge >= 0.3 is 0 Å². The van der Waals surface area contributed by atoms with E-state index in [1.807, 2.05) is 0 Å². The van der Waals surface area contributed by atoms with E-state index in [9.17, 15) is 0 Å². The highest BCUT2D eigenvalue weighted by atomic mass is 15.0. The normalized spacial score (nSPS) is 15.7. The molecule has 2 nitrogen and oxygen atoms in total. The Bertz CT molecular complexity index is 2900. The van der Waals surface area contributed by atoms with E-state index in [0.717, 1.165) is 25.7 Å². The first-order valence-electron chi connectivity index (χ1n) is 19.1. The van der Waals surface area contributed by atoms with Gasteiger partial charge in [0.2, 0.25) is 0 Å². The van der Waals surface area contributed by atoms with Gasteiger partial charge < -0.3 is 9.13 Å². The summed E-state index contributed by atoms with van der Waals surface area (Å²) in [5, 5.41) is 3.97. The molecule has 3 aliphatic carbocycles. The van der Waals surface area contributed by atoms with E-state index in [-0.39, 0.29) is 5.41 Å². The van der Waals surface area contributed by atoms with Gasteiger partial charge in [0, 0.05) is 38.7 Å². The molecule has 3 aliphatic rings. The molecule has 53 heavy (non-hydrogen) atoms. The van der Waals surface area contributed by atoms with Crippen LogP contribution in [-0.2, 0) is 11.8 Å². The number of aryl methyl sites for hydroxylation is 1. The number of aromatic nitrogens is 2. The van der Waals surface area contributed by atoms with Crippen LogP contribution in [0.2, 0.25) is 0 Å². The summed E-state index contributed by atoms with van der Waals surface area (Å²) < 4.78 is 5.00. The zero-order valence-electron chi connectivity index (χ0n) is 30.2. The summed E-state index contributed by atoms with van der Waals surface area (Å²) in [6, 6.07) is 50.0. The first-order chi connectivity index (χ1) is 26.0. The van der Waals surface area contributed by atoms with Crippen molar-refractivity contribution >= 4 is 50.1 Å². The molecule has 11 rings (SSSR count). The summed E-state index contributed by atoms with van der Waals surface area (Å²) in [4.78, 5) is 0. The third-order valence-electron chi connectivity index (χ3n) is 12.3. The largest absolute Gasteiger partial charge is 0.313 e. The van der Waals surface area contributed by atoms with Gasteiger partial charge in [-0.1, -0.05) is 117 Å². The Balaban J connectivity index is 1.03. The van der Waals surface area contributed by atoms with Gasteiger partial charge in [0.15, 0.2) is 0 Å². The van der Waals surface area contributed by atoms with Gasteiger partial charge in [0.25, 0.3) is 0 Å². The van der Waals surface area contributed by atoms with Crippen molar-refractivity contribution in [3.8, 4) is 27.9 Å². The highest BCUT2D eigenvalue weighted by Gasteiger charge is 2.35. The van der Waals surface area contributed by atoms with Crippen LogP contribution in [0.4, 0.5) is 0 Å². The minimum Gasteiger partial charge on any atom is -0.313 e. The van der Waals surface area contributed by atoms with Crippen LogP contribution in [0.15, 0.2) is 152 Å². The standard InChI is InChI=1S/C51H40N2/c1-51(2)45-17-9-6-14-39(45)42-32-38(26-27-46(42)51)53-48-19-11-8-16-41(48)44-31-36(23-29-50(44)53)35-22-28-49-43(30-35)40-15-7-10-18-47(40)52(49)37-24-20-34(21-25-37)33-12-4-3-5-13-33/h3-7,9-15,17-20,22-24,26-32H,8,16,21,25H2,1-2H3. The van der Waals surface area contributed by atoms with Crippen molar-refractivity contribution in [3.05, 3.63) is 180 Å². The third kappa shape index (κ3) is 4.51. The number of hydrogen-bond donors (Lipinski definition) is 0. The van der Waals surface area contributed by atoms with Crippen molar-refractivity contribution in [1.82, 2.24) is 9.13 Å². The van der Waals surface area contributed by atoms with Crippen LogP contribution in [0.3, 0.4) is 0 Å². The number of para-hydroxylation sites is 1. The van der Waals surface area contributed by atoms with E-state index in [2.05, 4.69) is 181 Å². The van der Waals surface area contributed by atoms with Crippen LogP contribution in [0.25, 0.3) is 78.0 Å². The first kappa shape index (κ1) is 30.5. The molecule has 254 valence electrons. The number of rotatable bonds is 4. The van der Waals surface area contributed by atoms with Crippen molar-refractivity contribution in [3.63, 3.8) is 0 Å². The number of allylic oxidation sites excluding steroid dienone is 5. The van der Waals surface area contributed by atoms with E-state index < -0.39 is 0 Å². The molecule has 8 aromatic rings. The average molecular weight is 681 g/mol. The minimum atomic E-state index is 0.00113. The van der Waals surface area contributed by atoms with Gasteiger partial charge in [-0.15, -0.1) is 0 Å². The van der Waals surface area contributed by atoms with Crippen LogP contribution in [0, 0.1) is 0 Å². The molecule has 0 radical (unpaired) electrons. The van der Waals surface area contributed by atoms with E-state index in [1.165, 1.54) is 99.9 Å². The lowest BCUT2D eigenvalue weighted by molar-refractivity contribution is 0.660. The molecule has 0 atom stereocenters. The Morgan fingerprint density at radius 3 is 2.06 bits per heavy atom. The second-order valence-electron chi connectivity index (χ2n) is 15.6. The summed E-state index contributed by atoms with van der Waals surface area (Å²) in [5.74, 6) is 0. The molecular weight excluding hydrogens is 641 g/mol. The number of fused-ring (bicyclic) bond motifs is 9. The molecule has 0 bridgehead atoms. The fourth-order valence-electron chi connectivity index (χ4n) is 9.71. The lowest BCUT2D eigenvalue weighted by Crippen LogP contribution is -2.14. The molecule has 0 unspecified atom stereocenters. The Morgan fingerprint density at radius 2 is 1.23 bits per heavy atom. The fraction of sp³-hybridized carbons (Fsp3) is 0.137. The van der Waals surface area contributed by atoms with E-state index in [1.54, 1.807) is 0 Å². The SMILES string of the molecule is CC1(C)c2ccccc2-c2cc(-n3c4c(c5cc(-c6ccc7c(c6)c6ccccc6n7C6=CC=C(c7ccccc7)CC6)ccc53)CCC=C4)ccc21. The van der Waals surface area contributed by atoms with Gasteiger partial charge in [0.05, 0.1) is 16.6 Å². The van der Waals surface area contributed by atoms with E-state index in [4.69, 9.17) is 0 Å². The molecule has 0 saturated heterocycles. The predicted octanol–water partition coefficient (Wildman–Crippen LogP) is 13.4. The number of benzene rings is 6. The average Bonchev–Trinajstić information content (AvgIpc) is 3.81. The van der Waals surface area contributed by atoms with Gasteiger partial charge in [-0.25, -0.2) is 0 Å². The Morgan fingerprint density at radius 1 is 0.509 bits per heavy atom. The van der Waals surface area contributed by atoms with E-state index >= 15 is 0 Å². The smallest absolute Gasteiger partial charge is 0.0538 e. The monoisotopic (exact) mass is 680 g/mol. The third-order valence-corrected chi connectivity index (χ3v) is 12.3. The maximum absolute atomic E-state index is 2.50. The lowest BCUT2D eigenvalue weighted by Gasteiger charge is -2.21. The summed E-state index contributed by atoms with van der Waals surface area (Å²) >= 11 is 0. The Hall–Kier alpha value is -6.12. The summed E-state index contributed by atoms with van der Waals surface area (Å²) in [6.45, 7) is 4.71. The van der Waals surface area contributed by atoms with Crippen LogP contribution in [-0.4, -0.2) is 9.13 Å². The van der Waals surface area contributed by atoms with Crippen LogP contribution in [0.5, 0.6) is 0 Å². The van der Waals surface area contributed by atoms with Crippen molar-refractivity contribution in [2.24, 2.45) is 0 Å². The maximum atomic E-state index is 2.50. The topological polar surface area (TPSA) is 9.86 Å². The van der Waals surface area contributed by atoms with Crippen molar-refractivity contribution in [2.45, 2.75) is 44.9 Å². The zero-order chi connectivity index (χ0) is 35.3. The maximum Gasteiger partial charge on any atom is 0.0538 e. The quantitative estimate of drug-likeness (QED) is 0.175. The van der Waals surface area contributed by atoms with Crippen LogP contribution in [0.1, 0.15) is 61.1 Å². The Labute approximate surface area is 310 Å². The Kier molecular flexibility index (Phi) is 6.58. The molecular formula is C51H40N2. The minimum absolute atomic E-state index is 0.00113. The summed E-state index contributed by atoms with van der Waals surface area (Å²) in [6.07, 6.45) is 13.5. The molecule has 0 fully saturated rings. The van der Waals surface area contributed by atoms with E-state index in [0.29, 0.717) is 0 Å². The first-order valence-corrected chi connectivity index (χ1v) is 19.1. The molecule has 2 aromatic heterocycles. The molecule has 2 heteroatoms. The predicted molar refractivity (Wildman–Crippen MR) is 225 cm³/mol. The van der Waals surface area contributed by atoms with Crippen molar-refractivity contribution in [2.75, 3.05) is 0 Å². The second-order valence-corrected chi connectivity index (χ2v) is 15.6. The van der Waals surface area contributed by atoms with Crippen molar-refractivity contribution in [1.29, 1.82) is 0 Å². The highest BCUT2D eigenvalue weighted by molar-refractivity contribution is 6.11. The van der Waals surface area contributed by atoms with Gasteiger partial charge in [-0.2, -0.15) is 0 Å². The second kappa shape index (κ2) is 11.4. The van der Waals surface area contributed by atoms with Gasteiger partial charge in [0.1, 0.15) is 0 Å². The molecule has 0 amide bonds. The zero-order valence-corrected chi connectivity index (χ0v) is 30.2. The van der Waals surface area contributed by atoms with Crippen molar-refractivity contribution < 1.29 is 0 Å². The van der Waals surface area contributed by atoms with Gasteiger partial charge in [-0.05, 0) is 130 Å². The van der Waals surface area contributed by atoms with Crippen LogP contribution >= 0.6 is 0 Å². The molecule has 0 N–H and O–H groups in total. The summed E-state index contributed by atoms with van der Waals surface area (Å²) in [5.41, 5.74) is 20.0.